The summed E-state index contributed by atoms with van der Waals surface area (Å²) in [7, 11) is 0. The van der Waals surface area contributed by atoms with E-state index >= 15 is 0 Å². The highest BCUT2D eigenvalue weighted by Gasteiger charge is 2.04. The Kier molecular flexibility index (Phi) is 3.05. The maximum atomic E-state index is 13.1. The van der Waals surface area contributed by atoms with Gasteiger partial charge in [-0.3, -0.25) is 0 Å². The van der Waals surface area contributed by atoms with Crippen molar-refractivity contribution in [2.24, 2.45) is 0 Å². The normalized spacial score (nSPS) is 10.4. The molecule has 1 heterocycles. The minimum Gasteiger partial charge on any atom is -0.395 e. The number of rotatable bonds is 3. The van der Waals surface area contributed by atoms with Gasteiger partial charge in [-0.2, -0.15) is 0 Å². The molecule has 0 saturated carbocycles. The van der Waals surface area contributed by atoms with Gasteiger partial charge in [0.25, 0.3) is 0 Å². The molecule has 0 bridgehead atoms. The molecule has 16 heavy (non-hydrogen) atoms. The summed E-state index contributed by atoms with van der Waals surface area (Å²) in [5, 5.41) is 4.03. The summed E-state index contributed by atoms with van der Waals surface area (Å²) < 4.78 is 13.1. The summed E-state index contributed by atoms with van der Waals surface area (Å²) in [4.78, 5) is 5.36. The average Bonchev–Trinajstić information content (AvgIpc) is 2.67. The number of benzene rings is 1. The van der Waals surface area contributed by atoms with Gasteiger partial charge in [0.1, 0.15) is 10.8 Å². The number of nitrogens with two attached hydrogens (primary N) is 1. The molecule has 84 valence electrons. The van der Waals surface area contributed by atoms with Crippen LogP contribution in [-0.4, -0.2) is 4.98 Å². The fraction of sp³-hybridized carbons (Fsp3) is 0.182. The molecule has 0 saturated heterocycles. The van der Waals surface area contributed by atoms with E-state index in [2.05, 4.69) is 10.3 Å². The lowest BCUT2D eigenvalue weighted by Gasteiger charge is -2.07. The third-order valence-electron chi connectivity index (χ3n) is 2.15. The van der Waals surface area contributed by atoms with E-state index in [-0.39, 0.29) is 5.69 Å². The average molecular weight is 237 g/mol. The van der Waals surface area contributed by atoms with Crippen LogP contribution in [0.2, 0.25) is 0 Å². The zero-order valence-electron chi connectivity index (χ0n) is 8.83. The number of nitrogen functional groups attached to an aromatic ring is 1. The Hall–Kier alpha value is -1.62. The predicted molar refractivity (Wildman–Crippen MR) is 65.0 cm³/mol. The van der Waals surface area contributed by atoms with Crippen LogP contribution in [0.15, 0.2) is 24.4 Å². The smallest absolute Gasteiger partial charge is 0.148 e. The summed E-state index contributed by atoms with van der Waals surface area (Å²) in [6.07, 6.45) is 1.82. The summed E-state index contributed by atoms with van der Waals surface area (Å²) in [5.41, 5.74) is 6.35. The molecule has 0 aliphatic carbocycles. The fourth-order valence-corrected chi connectivity index (χ4v) is 2.07. The molecule has 0 aliphatic rings. The first-order chi connectivity index (χ1) is 7.66. The Balaban J connectivity index is 2.07. The highest BCUT2D eigenvalue weighted by Crippen LogP contribution is 2.22. The Morgan fingerprint density at radius 1 is 1.50 bits per heavy atom. The van der Waals surface area contributed by atoms with Gasteiger partial charge < -0.3 is 11.1 Å². The van der Waals surface area contributed by atoms with Crippen molar-refractivity contribution in [3.63, 3.8) is 0 Å². The van der Waals surface area contributed by atoms with Gasteiger partial charge in [0.2, 0.25) is 0 Å². The standard InChI is InChI=1S/C11H12FN3S/c1-7-5-15-10(16-7)6-14-9-4-2-3-8(12)11(9)13/h2-5,14H,6,13H2,1H3. The van der Waals surface area contributed by atoms with Crippen LogP contribution in [0.3, 0.4) is 0 Å². The number of halogens is 1. The van der Waals surface area contributed by atoms with Crippen molar-refractivity contribution < 1.29 is 4.39 Å². The SMILES string of the molecule is Cc1cnc(CNc2cccc(F)c2N)s1. The quantitative estimate of drug-likeness (QED) is 0.807. The minimum absolute atomic E-state index is 0.149. The van der Waals surface area contributed by atoms with E-state index in [0.717, 1.165) is 9.88 Å². The van der Waals surface area contributed by atoms with Crippen LogP contribution in [0.4, 0.5) is 15.8 Å². The van der Waals surface area contributed by atoms with Crippen molar-refractivity contribution in [1.29, 1.82) is 0 Å². The Bertz CT molecular complexity index is 496. The van der Waals surface area contributed by atoms with Gasteiger partial charge in [-0.15, -0.1) is 11.3 Å². The molecule has 0 atom stereocenters. The number of aromatic nitrogens is 1. The molecular formula is C11H12FN3S. The van der Waals surface area contributed by atoms with E-state index in [1.54, 1.807) is 23.5 Å². The monoisotopic (exact) mass is 237 g/mol. The van der Waals surface area contributed by atoms with Gasteiger partial charge in [-0.1, -0.05) is 6.07 Å². The van der Waals surface area contributed by atoms with Crippen LogP contribution >= 0.6 is 11.3 Å². The second-order valence-corrected chi connectivity index (χ2v) is 4.74. The lowest BCUT2D eigenvalue weighted by molar-refractivity contribution is 0.633. The minimum atomic E-state index is -0.402. The van der Waals surface area contributed by atoms with Crippen molar-refractivity contribution in [2.45, 2.75) is 13.5 Å². The highest BCUT2D eigenvalue weighted by molar-refractivity contribution is 7.11. The topological polar surface area (TPSA) is 50.9 Å². The summed E-state index contributed by atoms with van der Waals surface area (Å²) in [6, 6.07) is 4.72. The van der Waals surface area contributed by atoms with Crippen LogP contribution in [0.1, 0.15) is 9.88 Å². The number of anilines is 2. The number of nitrogens with zero attached hydrogens (tertiary/aromatic N) is 1. The molecule has 1 aromatic carbocycles. The molecule has 5 heteroatoms. The first kappa shape index (κ1) is 10.9. The van der Waals surface area contributed by atoms with Crippen LogP contribution in [0.5, 0.6) is 0 Å². The van der Waals surface area contributed by atoms with Crippen LogP contribution in [0, 0.1) is 12.7 Å². The molecule has 0 spiro atoms. The number of aryl methyl sites for hydroxylation is 1. The molecule has 2 aromatic rings. The third-order valence-corrected chi connectivity index (χ3v) is 3.06. The fourth-order valence-electron chi connectivity index (χ4n) is 1.35. The molecule has 3 nitrogen and oxygen atoms in total. The van der Waals surface area contributed by atoms with Crippen molar-refractivity contribution >= 4 is 22.7 Å². The second kappa shape index (κ2) is 4.49. The zero-order valence-corrected chi connectivity index (χ0v) is 9.64. The van der Waals surface area contributed by atoms with E-state index < -0.39 is 5.82 Å². The van der Waals surface area contributed by atoms with Gasteiger partial charge in [-0.25, -0.2) is 9.37 Å². The van der Waals surface area contributed by atoms with Crippen LogP contribution in [0.25, 0.3) is 0 Å². The number of para-hydroxylation sites is 1. The van der Waals surface area contributed by atoms with Crippen molar-refractivity contribution in [1.82, 2.24) is 4.98 Å². The number of thiazole rings is 1. The number of nitrogens with one attached hydrogen (secondary N) is 1. The number of hydrogen-bond donors (Lipinski definition) is 2. The van der Waals surface area contributed by atoms with Gasteiger partial charge in [0, 0.05) is 11.1 Å². The van der Waals surface area contributed by atoms with E-state index in [1.807, 2.05) is 13.1 Å². The molecular weight excluding hydrogens is 225 g/mol. The first-order valence-corrected chi connectivity index (χ1v) is 5.67. The van der Waals surface area contributed by atoms with Crippen molar-refractivity contribution in [3.05, 3.63) is 40.1 Å². The van der Waals surface area contributed by atoms with Crippen molar-refractivity contribution in [2.75, 3.05) is 11.1 Å². The molecule has 2 rings (SSSR count). The number of hydrogen-bond acceptors (Lipinski definition) is 4. The Morgan fingerprint density at radius 3 is 3.00 bits per heavy atom. The summed E-state index contributed by atoms with van der Waals surface area (Å²) >= 11 is 1.61. The molecule has 0 amide bonds. The van der Waals surface area contributed by atoms with Crippen LogP contribution < -0.4 is 11.1 Å². The third kappa shape index (κ3) is 2.30. The second-order valence-electron chi connectivity index (χ2n) is 3.42. The Morgan fingerprint density at radius 2 is 2.31 bits per heavy atom. The maximum Gasteiger partial charge on any atom is 0.148 e. The molecule has 0 radical (unpaired) electrons. The van der Waals surface area contributed by atoms with E-state index in [1.165, 1.54) is 6.07 Å². The van der Waals surface area contributed by atoms with E-state index in [0.29, 0.717) is 12.2 Å². The lowest BCUT2D eigenvalue weighted by Crippen LogP contribution is -2.03. The highest BCUT2D eigenvalue weighted by atomic mass is 32.1. The summed E-state index contributed by atoms with van der Waals surface area (Å²) in [6.45, 7) is 2.56. The van der Waals surface area contributed by atoms with Gasteiger partial charge in [0.05, 0.1) is 17.9 Å². The summed E-state index contributed by atoms with van der Waals surface area (Å²) in [5.74, 6) is -0.402. The maximum absolute atomic E-state index is 13.1. The van der Waals surface area contributed by atoms with Crippen LogP contribution in [-0.2, 0) is 6.54 Å². The first-order valence-electron chi connectivity index (χ1n) is 4.86. The Labute approximate surface area is 97.1 Å². The lowest BCUT2D eigenvalue weighted by atomic mass is 10.2. The molecule has 0 unspecified atom stereocenters. The van der Waals surface area contributed by atoms with Crippen molar-refractivity contribution in [3.8, 4) is 0 Å². The zero-order chi connectivity index (χ0) is 11.5. The largest absolute Gasteiger partial charge is 0.395 e. The van der Waals surface area contributed by atoms with Gasteiger partial charge in [-0.05, 0) is 19.1 Å². The molecule has 1 aromatic heterocycles. The molecule has 0 aliphatic heterocycles. The molecule has 3 N–H and O–H groups in total. The molecule has 0 fully saturated rings. The van der Waals surface area contributed by atoms with E-state index in [4.69, 9.17) is 5.73 Å². The van der Waals surface area contributed by atoms with Gasteiger partial charge >= 0.3 is 0 Å². The van der Waals surface area contributed by atoms with E-state index in [9.17, 15) is 4.39 Å². The predicted octanol–water partition coefficient (Wildman–Crippen LogP) is 2.78. The van der Waals surface area contributed by atoms with Gasteiger partial charge in [0.15, 0.2) is 0 Å².